The van der Waals surface area contributed by atoms with Crippen molar-refractivity contribution in [2.24, 2.45) is 11.8 Å². The van der Waals surface area contributed by atoms with Crippen molar-refractivity contribution < 1.29 is 9.90 Å². The summed E-state index contributed by atoms with van der Waals surface area (Å²) in [6.07, 6.45) is 4.16. The van der Waals surface area contributed by atoms with Crippen molar-refractivity contribution in [2.45, 2.75) is 52.1 Å². The van der Waals surface area contributed by atoms with Crippen molar-refractivity contribution in [3.05, 3.63) is 0 Å². The summed E-state index contributed by atoms with van der Waals surface area (Å²) in [7, 11) is 0. The van der Waals surface area contributed by atoms with Crippen molar-refractivity contribution in [3.8, 4) is 0 Å². The third-order valence-electron chi connectivity index (χ3n) is 3.26. The second kappa shape index (κ2) is 4.75. The van der Waals surface area contributed by atoms with Gasteiger partial charge in [0.25, 0.3) is 0 Å². The molecule has 1 rings (SSSR count). The van der Waals surface area contributed by atoms with E-state index in [1.165, 1.54) is 0 Å². The summed E-state index contributed by atoms with van der Waals surface area (Å²) in [6, 6.07) is 0. The molecule has 0 bridgehead atoms. The van der Waals surface area contributed by atoms with Gasteiger partial charge < -0.3 is 5.11 Å². The number of rotatable bonds is 3. The Labute approximate surface area is 80.3 Å². The van der Waals surface area contributed by atoms with Gasteiger partial charge >= 0.3 is 0 Å². The van der Waals surface area contributed by atoms with Gasteiger partial charge in [0.1, 0.15) is 5.78 Å². The van der Waals surface area contributed by atoms with E-state index >= 15 is 0 Å². The van der Waals surface area contributed by atoms with Crippen LogP contribution in [0.4, 0.5) is 0 Å². The van der Waals surface area contributed by atoms with Crippen LogP contribution in [0.5, 0.6) is 0 Å². The van der Waals surface area contributed by atoms with Crippen LogP contribution >= 0.6 is 0 Å². The molecule has 0 aromatic heterocycles. The number of aliphatic hydroxyl groups excluding tert-OH is 1. The van der Waals surface area contributed by atoms with Crippen LogP contribution in [0.25, 0.3) is 0 Å². The van der Waals surface area contributed by atoms with Crippen LogP contribution in [-0.4, -0.2) is 17.0 Å². The van der Waals surface area contributed by atoms with Crippen LogP contribution in [0.15, 0.2) is 0 Å². The predicted octanol–water partition coefficient (Wildman–Crippen LogP) is 2.15. The number of ketones is 1. The lowest BCUT2D eigenvalue weighted by Crippen LogP contribution is -2.34. The highest BCUT2D eigenvalue weighted by Gasteiger charge is 2.31. The van der Waals surface area contributed by atoms with Crippen molar-refractivity contribution in [2.75, 3.05) is 0 Å². The molecule has 0 aromatic rings. The van der Waals surface area contributed by atoms with Gasteiger partial charge in [-0.1, -0.05) is 20.3 Å². The highest BCUT2D eigenvalue weighted by Crippen LogP contribution is 2.31. The average molecular weight is 184 g/mol. The molecule has 1 aliphatic carbocycles. The number of aliphatic hydroxyl groups is 1. The molecule has 0 aliphatic heterocycles. The Morgan fingerprint density at radius 1 is 1.38 bits per heavy atom. The summed E-state index contributed by atoms with van der Waals surface area (Å²) < 4.78 is 0. The summed E-state index contributed by atoms with van der Waals surface area (Å²) in [5.74, 6) is 0.811. The first kappa shape index (κ1) is 10.7. The maximum absolute atomic E-state index is 11.4. The van der Waals surface area contributed by atoms with E-state index in [0.29, 0.717) is 12.3 Å². The number of carbonyl (C=O) groups is 1. The molecule has 1 fully saturated rings. The van der Waals surface area contributed by atoms with Crippen molar-refractivity contribution >= 4 is 5.78 Å². The molecule has 0 spiro atoms. The molecule has 2 heteroatoms. The molecular formula is C11H20O2. The zero-order valence-corrected chi connectivity index (χ0v) is 8.62. The summed E-state index contributed by atoms with van der Waals surface area (Å²) >= 11 is 0. The first-order chi connectivity index (χ1) is 6.19. The predicted molar refractivity (Wildman–Crippen MR) is 52.4 cm³/mol. The highest BCUT2D eigenvalue weighted by molar-refractivity contribution is 5.81. The van der Waals surface area contributed by atoms with Crippen molar-refractivity contribution in [3.63, 3.8) is 0 Å². The Kier molecular flexibility index (Phi) is 3.91. The van der Waals surface area contributed by atoms with Gasteiger partial charge in [-0.25, -0.2) is 0 Å². The lowest BCUT2D eigenvalue weighted by Gasteiger charge is -2.31. The zero-order chi connectivity index (χ0) is 9.84. The lowest BCUT2D eigenvalue weighted by atomic mass is 9.76. The quantitative estimate of drug-likeness (QED) is 0.729. The fraction of sp³-hybridized carbons (Fsp3) is 0.909. The Morgan fingerprint density at radius 3 is 2.54 bits per heavy atom. The Balaban J connectivity index is 2.48. The molecule has 0 heterocycles. The molecule has 1 aliphatic rings. The van der Waals surface area contributed by atoms with Crippen molar-refractivity contribution in [1.29, 1.82) is 0 Å². The average Bonchev–Trinajstić information content (AvgIpc) is 2.16. The third-order valence-corrected chi connectivity index (χ3v) is 3.26. The molecule has 0 aromatic carbocycles. The molecule has 1 saturated carbocycles. The smallest absolute Gasteiger partial charge is 0.138 e. The van der Waals surface area contributed by atoms with E-state index in [9.17, 15) is 9.90 Å². The molecule has 0 saturated heterocycles. The molecule has 0 amide bonds. The van der Waals surface area contributed by atoms with Gasteiger partial charge in [0.2, 0.25) is 0 Å². The number of Topliss-reactive ketones (excluding diaryl/α,β-unsaturated/α-hetero) is 1. The monoisotopic (exact) mass is 184 g/mol. The molecule has 13 heavy (non-hydrogen) atoms. The molecular weight excluding hydrogens is 164 g/mol. The first-order valence-corrected chi connectivity index (χ1v) is 5.39. The second-order valence-corrected chi connectivity index (χ2v) is 4.08. The Morgan fingerprint density at radius 2 is 2.08 bits per heavy atom. The van der Waals surface area contributed by atoms with E-state index in [1.807, 2.05) is 6.92 Å². The highest BCUT2D eigenvalue weighted by atomic mass is 16.3. The summed E-state index contributed by atoms with van der Waals surface area (Å²) in [5.41, 5.74) is 0. The first-order valence-electron chi connectivity index (χ1n) is 5.39. The SMILES string of the molecule is CCC(=O)C1CCC(CC)CC1O. The lowest BCUT2D eigenvalue weighted by molar-refractivity contribution is -0.128. The molecule has 3 unspecified atom stereocenters. The number of hydrogen-bond acceptors (Lipinski definition) is 2. The van der Waals surface area contributed by atoms with Crippen LogP contribution in [0.2, 0.25) is 0 Å². The standard InChI is InChI=1S/C11H20O2/c1-3-8-5-6-9(10(12)4-2)11(13)7-8/h8-9,11,13H,3-7H2,1-2H3. The van der Waals surface area contributed by atoms with E-state index in [0.717, 1.165) is 25.7 Å². The Bertz CT molecular complexity index is 177. The van der Waals surface area contributed by atoms with Crippen molar-refractivity contribution in [1.82, 2.24) is 0 Å². The normalized spacial score (nSPS) is 34.5. The maximum Gasteiger partial charge on any atom is 0.138 e. The minimum atomic E-state index is -0.369. The molecule has 76 valence electrons. The van der Waals surface area contributed by atoms with Crippen LogP contribution in [0.3, 0.4) is 0 Å². The minimum absolute atomic E-state index is 0.0622. The second-order valence-electron chi connectivity index (χ2n) is 4.08. The molecule has 2 nitrogen and oxygen atoms in total. The van der Waals surface area contributed by atoms with E-state index in [1.54, 1.807) is 0 Å². The van der Waals surface area contributed by atoms with E-state index in [2.05, 4.69) is 6.92 Å². The largest absolute Gasteiger partial charge is 0.392 e. The molecule has 0 radical (unpaired) electrons. The van der Waals surface area contributed by atoms with Crippen LogP contribution in [-0.2, 0) is 4.79 Å². The summed E-state index contributed by atoms with van der Waals surface area (Å²) in [5, 5.41) is 9.75. The maximum atomic E-state index is 11.4. The van der Waals surface area contributed by atoms with Crippen LogP contribution in [0, 0.1) is 11.8 Å². The topological polar surface area (TPSA) is 37.3 Å². The Hall–Kier alpha value is -0.370. The fourth-order valence-electron chi connectivity index (χ4n) is 2.24. The van der Waals surface area contributed by atoms with Gasteiger partial charge in [-0.15, -0.1) is 0 Å². The van der Waals surface area contributed by atoms with E-state index < -0.39 is 0 Å². The zero-order valence-electron chi connectivity index (χ0n) is 8.62. The van der Waals surface area contributed by atoms with Gasteiger partial charge in [0, 0.05) is 12.3 Å². The molecule has 1 N–H and O–H groups in total. The molecule has 3 atom stereocenters. The number of hydrogen-bond donors (Lipinski definition) is 1. The van der Waals surface area contributed by atoms with Gasteiger partial charge in [-0.3, -0.25) is 4.79 Å². The minimum Gasteiger partial charge on any atom is -0.392 e. The van der Waals surface area contributed by atoms with Crippen LogP contribution < -0.4 is 0 Å². The number of carbonyl (C=O) groups excluding carboxylic acids is 1. The fourth-order valence-corrected chi connectivity index (χ4v) is 2.24. The van der Waals surface area contributed by atoms with E-state index in [4.69, 9.17) is 0 Å². The van der Waals surface area contributed by atoms with Gasteiger partial charge in [-0.05, 0) is 25.2 Å². The van der Waals surface area contributed by atoms with Gasteiger partial charge in [0.05, 0.1) is 6.10 Å². The van der Waals surface area contributed by atoms with Gasteiger partial charge in [-0.2, -0.15) is 0 Å². The summed E-state index contributed by atoms with van der Waals surface area (Å²) in [4.78, 5) is 11.4. The van der Waals surface area contributed by atoms with Gasteiger partial charge in [0.15, 0.2) is 0 Å². The summed E-state index contributed by atoms with van der Waals surface area (Å²) in [6.45, 7) is 4.03. The van der Waals surface area contributed by atoms with Crippen LogP contribution in [0.1, 0.15) is 46.0 Å². The van der Waals surface area contributed by atoms with E-state index in [-0.39, 0.29) is 17.8 Å². The third kappa shape index (κ3) is 2.53.